The lowest BCUT2D eigenvalue weighted by Gasteiger charge is -2.04. The van der Waals surface area contributed by atoms with Crippen LogP contribution in [0.4, 0.5) is 0 Å². The minimum atomic E-state index is -1.00. The normalized spacial score (nSPS) is 14.2. The Bertz CT molecular complexity index is 928. The van der Waals surface area contributed by atoms with Gasteiger partial charge in [0.05, 0.1) is 0 Å². The number of benzene rings is 1. The molecule has 1 aromatic carbocycles. The molecular formula is C20H23N3O6S. The Kier molecular flexibility index (Phi) is 10.2. The van der Waals surface area contributed by atoms with Gasteiger partial charge in [0.1, 0.15) is 12.1 Å². The number of para-hydroxylation sites is 1. The Morgan fingerprint density at radius 2 is 1.43 bits per heavy atom. The van der Waals surface area contributed by atoms with Crippen LogP contribution in [0, 0.1) is 0 Å². The maximum Gasteiger partial charge on any atom is 0.321 e. The number of nitrogens with two attached hydrogens (primary N) is 2. The summed E-state index contributed by atoms with van der Waals surface area (Å²) in [5.74, 6) is -2.03. The largest absolute Gasteiger partial charge is 0.480 e. The van der Waals surface area contributed by atoms with Crippen molar-refractivity contribution in [3.8, 4) is 0 Å². The quantitative estimate of drug-likeness (QED) is 0.295. The Morgan fingerprint density at radius 3 is 1.87 bits per heavy atom. The first-order valence-electron chi connectivity index (χ1n) is 8.72. The van der Waals surface area contributed by atoms with E-state index in [2.05, 4.69) is 17.6 Å². The predicted octanol–water partition coefficient (Wildman–Crippen LogP) is 0.701. The number of carbonyl (C=O) groups is 4. The second-order valence-corrected chi connectivity index (χ2v) is 6.47. The Morgan fingerprint density at radius 1 is 0.933 bits per heavy atom. The number of ketones is 2. The zero-order valence-corrected chi connectivity index (χ0v) is 16.8. The number of carbonyl (C=O) groups excluding carboxylic acids is 2. The van der Waals surface area contributed by atoms with Gasteiger partial charge in [0.15, 0.2) is 11.6 Å². The number of rotatable bonds is 5. The average Bonchev–Trinajstić information content (AvgIpc) is 3.13. The number of H-pyrrole nitrogens is 1. The van der Waals surface area contributed by atoms with Gasteiger partial charge >= 0.3 is 11.9 Å². The Balaban J connectivity index is 0.000000254. The van der Waals surface area contributed by atoms with Crippen molar-refractivity contribution in [2.75, 3.05) is 5.75 Å². The van der Waals surface area contributed by atoms with Crippen LogP contribution in [0.3, 0.4) is 0 Å². The summed E-state index contributed by atoms with van der Waals surface area (Å²) >= 11 is 3.65. The lowest BCUT2D eigenvalue weighted by molar-refractivity contribution is -0.139. The lowest BCUT2D eigenvalue weighted by atomic mass is 10.1. The van der Waals surface area contributed by atoms with Crippen molar-refractivity contribution in [3.63, 3.8) is 0 Å². The van der Waals surface area contributed by atoms with Crippen LogP contribution in [0.15, 0.2) is 54.8 Å². The van der Waals surface area contributed by atoms with E-state index in [9.17, 15) is 19.2 Å². The highest BCUT2D eigenvalue weighted by Gasteiger charge is 2.14. The zero-order valence-electron chi connectivity index (χ0n) is 15.9. The molecule has 30 heavy (non-hydrogen) atoms. The van der Waals surface area contributed by atoms with E-state index < -0.39 is 24.0 Å². The summed E-state index contributed by atoms with van der Waals surface area (Å²) in [5.41, 5.74) is 12.4. The van der Waals surface area contributed by atoms with Crippen LogP contribution in [0.2, 0.25) is 0 Å². The fraction of sp³-hybridized carbons (Fsp3) is 0.200. The van der Waals surface area contributed by atoms with Gasteiger partial charge in [0.2, 0.25) is 0 Å². The van der Waals surface area contributed by atoms with E-state index in [-0.39, 0.29) is 17.3 Å². The van der Waals surface area contributed by atoms with Crippen molar-refractivity contribution in [3.05, 3.63) is 60.3 Å². The monoisotopic (exact) mass is 433 g/mol. The van der Waals surface area contributed by atoms with Gasteiger partial charge in [0.25, 0.3) is 0 Å². The van der Waals surface area contributed by atoms with E-state index in [1.807, 2.05) is 30.5 Å². The number of hydrogen-bond donors (Lipinski definition) is 6. The third kappa shape index (κ3) is 8.43. The van der Waals surface area contributed by atoms with Crippen LogP contribution in [-0.4, -0.2) is 56.5 Å². The fourth-order valence-electron chi connectivity index (χ4n) is 2.14. The first kappa shape index (κ1) is 24.8. The van der Waals surface area contributed by atoms with Crippen molar-refractivity contribution in [2.24, 2.45) is 11.5 Å². The molecule has 9 nitrogen and oxygen atoms in total. The highest BCUT2D eigenvalue weighted by Crippen LogP contribution is 2.18. The minimum Gasteiger partial charge on any atom is -0.480 e. The lowest BCUT2D eigenvalue weighted by Crippen LogP contribution is -2.32. The number of hydrogen-bond acceptors (Lipinski definition) is 7. The predicted molar refractivity (Wildman–Crippen MR) is 115 cm³/mol. The van der Waals surface area contributed by atoms with Crippen molar-refractivity contribution in [2.45, 2.75) is 18.5 Å². The summed E-state index contributed by atoms with van der Waals surface area (Å²) < 4.78 is 0. The molecule has 0 saturated heterocycles. The Hall–Kier alpha value is -3.21. The molecule has 0 aliphatic heterocycles. The van der Waals surface area contributed by atoms with Gasteiger partial charge in [0, 0.05) is 29.3 Å². The molecule has 0 amide bonds. The SMILES string of the molecule is N[C@@H](CS)C(=O)O.N[C@@H](Cc1c[nH]c2ccccc12)C(=O)O.O=C1C=CC(=O)C=C1. The van der Waals surface area contributed by atoms with E-state index in [4.69, 9.17) is 21.7 Å². The molecule has 10 heteroatoms. The summed E-state index contributed by atoms with van der Waals surface area (Å²) in [7, 11) is 0. The number of aliphatic carboxylic acids is 2. The van der Waals surface area contributed by atoms with Crippen molar-refractivity contribution < 1.29 is 29.4 Å². The van der Waals surface area contributed by atoms with Gasteiger partial charge in [-0.15, -0.1) is 0 Å². The molecule has 0 spiro atoms. The van der Waals surface area contributed by atoms with E-state index >= 15 is 0 Å². The van der Waals surface area contributed by atoms with Crippen LogP contribution in [0.25, 0.3) is 10.9 Å². The number of carboxylic acids is 2. The van der Waals surface area contributed by atoms with Crippen LogP contribution < -0.4 is 11.5 Å². The first-order valence-corrected chi connectivity index (χ1v) is 9.35. The molecule has 1 aromatic heterocycles. The Labute approximate surface area is 177 Å². The molecule has 7 N–H and O–H groups in total. The third-order valence-corrected chi connectivity index (χ3v) is 4.16. The highest BCUT2D eigenvalue weighted by atomic mass is 32.1. The van der Waals surface area contributed by atoms with Crippen molar-refractivity contribution in [1.29, 1.82) is 0 Å². The maximum absolute atomic E-state index is 10.6. The summed E-state index contributed by atoms with van der Waals surface area (Å²) in [6.45, 7) is 0. The number of aromatic nitrogens is 1. The fourth-order valence-corrected chi connectivity index (χ4v) is 2.30. The van der Waals surface area contributed by atoms with E-state index in [1.54, 1.807) is 0 Å². The number of nitrogens with one attached hydrogen (secondary N) is 1. The van der Waals surface area contributed by atoms with Crippen molar-refractivity contribution in [1.82, 2.24) is 4.98 Å². The topological polar surface area (TPSA) is 177 Å². The minimum absolute atomic E-state index is 0.121. The van der Waals surface area contributed by atoms with Crippen LogP contribution in [-0.2, 0) is 25.6 Å². The molecule has 2 aromatic rings. The molecule has 0 saturated carbocycles. The van der Waals surface area contributed by atoms with E-state index in [1.165, 1.54) is 24.3 Å². The molecule has 0 radical (unpaired) electrons. The molecular weight excluding hydrogens is 410 g/mol. The molecule has 3 rings (SSSR count). The molecule has 0 fully saturated rings. The second-order valence-electron chi connectivity index (χ2n) is 6.11. The average molecular weight is 433 g/mol. The number of allylic oxidation sites excluding steroid dienone is 4. The van der Waals surface area contributed by atoms with Gasteiger partial charge in [-0.25, -0.2) is 0 Å². The van der Waals surface area contributed by atoms with Crippen LogP contribution >= 0.6 is 12.6 Å². The first-order chi connectivity index (χ1) is 14.1. The molecule has 160 valence electrons. The number of carboxylic acid groups (broad SMARTS) is 2. The van der Waals surface area contributed by atoms with Gasteiger partial charge in [-0.05, 0) is 35.9 Å². The smallest absolute Gasteiger partial charge is 0.321 e. The van der Waals surface area contributed by atoms with Gasteiger partial charge in [-0.1, -0.05) is 18.2 Å². The summed E-state index contributed by atoms with van der Waals surface area (Å²) in [4.78, 5) is 44.0. The van der Waals surface area contributed by atoms with Crippen molar-refractivity contribution >= 4 is 47.0 Å². The standard InChI is InChI=1S/C11H12N2O2.C6H4O2.C3H7NO2S/c12-9(11(14)15)5-7-6-13-10-4-2-1-3-8(7)10;7-5-1-2-6(8)4-3-5;4-2(1-7)3(5)6/h1-4,6,9,13H,5,12H2,(H,14,15);1-4H;2,7H,1,4H2,(H,5,6)/t9-;;2-/m0.0/s1. The number of aromatic amines is 1. The van der Waals surface area contributed by atoms with Crippen LogP contribution in [0.1, 0.15) is 5.56 Å². The molecule has 1 heterocycles. The summed E-state index contributed by atoms with van der Waals surface area (Å²) in [6.07, 6.45) is 7.17. The maximum atomic E-state index is 10.6. The third-order valence-electron chi connectivity index (χ3n) is 3.77. The highest BCUT2D eigenvalue weighted by molar-refractivity contribution is 7.80. The van der Waals surface area contributed by atoms with Gasteiger partial charge < -0.3 is 26.7 Å². The molecule has 0 bridgehead atoms. The molecule has 1 aliphatic rings. The number of fused-ring (bicyclic) bond motifs is 1. The van der Waals surface area contributed by atoms with E-state index in [0.29, 0.717) is 6.42 Å². The number of thiol groups is 1. The summed E-state index contributed by atoms with van der Waals surface area (Å²) in [5, 5.41) is 17.8. The molecule has 1 aliphatic carbocycles. The van der Waals surface area contributed by atoms with E-state index in [0.717, 1.165) is 16.5 Å². The van der Waals surface area contributed by atoms with Gasteiger partial charge in [-0.3, -0.25) is 19.2 Å². The zero-order chi connectivity index (χ0) is 22.7. The van der Waals surface area contributed by atoms with Crippen LogP contribution in [0.5, 0.6) is 0 Å². The van der Waals surface area contributed by atoms with Gasteiger partial charge in [-0.2, -0.15) is 12.6 Å². The molecule has 0 unspecified atom stereocenters. The molecule has 2 atom stereocenters. The summed E-state index contributed by atoms with van der Waals surface area (Å²) in [6, 6.07) is 6.10. The second kappa shape index (κ2) is 12.4.